The van der Waals surface area contributed by atoms with Crippen LogP contribution in [0.3, 0.4) is 0 Å². The van der Waals surface area contributed by atoms with Gasteiger partial charge in [-0.3, -0.25) is 9.59 Å². The van der Waals surface area contributed by atoms with Crippen LogP contribution in [-0.2, 0) is 30.4 Å². The third-order valence-electron chi connectivity index (χ3n) is 5.76. The van der Waals surface area contributed by atoms with Crippen molar-refractivity contribution in [3.05, 3.63) is 93.5 Å². The number of carboxylic acid groups (broad SMARTS) is 1. The molecule has 0 saturated carbocycles. The molecule has 8 heteroatoms. The lowest BCUT2D eigenvalue weighted by molar-refractivity contribution is -0.138. The molecule has 0 saturated heterocycles. The standard InChI is InChI=1S/C28H28F3NO4/c1-4-20-15-23(8-5-21(20)6-10-26(33)34)36-24-12-17(2)11-19(14-24)16-32-27(35)25-9-7-22(13-18(25)3)28(29,30)31/h5,7-9,11-15H,4,6,10,16H2,1-3H3,(H,32,35)(H,33,34). The summed E-state index contributed by atoms with van der Waals surface area (Å²) in [4.78, 5) is 23.5. The predicted molar refractivity (Wildman–Crippen MR) is 130 cm³/mol. The third kappa shape index (κ3) is 7.10. The third-order valence-corrected chi connectivity index (χ3v) is 5.76. The number of ether oxygens (including phenoxy) is 1. The fourth-order valence-electron chi connectivity index (χ4n) is 3.97. The molecule has 0 aliphatic rings. The van der Waals surface area contributed by atoms with Crippen molar-refractivity contribution in [1.29, 1.82) is 0 Å². The quantitative estimate of drug-likeness (QED) is 0.347. The van der Waals surface area contributed by atoms with Gasteiger partial charge in [-0.15, -0.1) is 0 Å². The Morgan fingerprint density at radius 1 is 0.944 bits per heavy atom. The number of benzene rings is 3. The minimum absolute atomic E-state index is 0.0617. The number of aryl methyl sites for hydroxylation is 4. The zero-order valence-corrected chi connectivity index (χ0v) is 20.3. The summed E-state index contributed by atoms with van der Waals surface area (Å²) >= 11 is 0. The number of alkyl halides is 3. The number of carbonyl (C=O) groups excluding carboxylic acids is 1. The highest BCUT2D eigenvalue weighted by Gasteiger charge is 2.31. The van der Waals surface area contributed by atoms with Crippen molar-refractivity contribution in [1.82, 2.24) is 5.32 Å². The average molecular weight is 500 g/mol. The number of aliphatic carboxylic acids is 1. The molecule has 36 heavy (non-hydrogen) atoms. The van der Waals surface area contributed by atoms with Crippen molar-refractivity contribution < 1.29 is 32.6 Å². The zero-order chi connectivity index (χ0) is 26.5. The molecule has 2 N–H and O–H groups in total. The maximum Gasteiger partial charge on any atom is 0.416 e. The Hall–Kier alpha value is -3.81. The molecule has 0 aliphatic carbocycles. The maximum absolute atomic E-state index is 12.9. The van der Waals surface area contributed by atoms with E-state index in [4.69, 9.17) is 9.84 Å². The first-order valence-corrected chi connectivity index (χ1v) is 11.5. The van der Waals surface area contributed by atoms with Gasteiger partial charge in [0.1, 0.15) is 11.5 Å². The van der Waals surface area contributed by atoms with Crippen LogP contribution in [0, 0.1) is 13.8 Å². The molecule has 0 heterocycles. The molecular weight excluding hydrogens is 471 g/mol. The molecule has 3 rings (SSSR count). The fraction of sp³-hybridized carbons (Fsp3) is 0.286. The lowest BCUT2D eigenvalue weighted by Crippen LogP contribution is -2.24. The number of amides is 1. The van der Waals surface area contributed by atoms with Gasteiger partial charge in [0.25, 0.3) is 5.91 Å². The molecule has 5 nitrogen and oxygen atoms in total. The molecule has 0 unspecified atom stereocenters. The van der Waals surface area contributed by atoms with Gasteiger partial charge in [-0.2, -0.15) is 13.2 Å². The molecule has 0 radical (unpaired) electrons. The number of halogens is 3. The second-order valence-corrected chi connectivity index (χ2v) is 8.64. The van der Waals surface area contributed by atoms with Crippen LogP contribution in [0.1, 0.15) is 57.1 Å². The summed E-state index contributed by atoms with van der Waals surface area (Å²) in [6, 6.07) is 14.2. The highest BCUT2D eigenvalue weighted by Crippen LogP contribution is 2.31. The molecule has 3 aromatic rings. The second kappa shape index (κ2) is 11.3. The van der Waals surface area contributed by atoms with E-state index in [1.807, 2.05) is 38.1 Å². The van der Waals surface area contributed by atoms with Gasteiger partial charge in [-0.25, -0.2) is 0 Å². The van der Waals surface area contributed by atoms with Crippen LogP contribution in [0.4, 0.5) is 13.2 Å². The topological polar surface area (TPSA) is 75.6 Å². The first kappa shape index (κ1) is 26.8. The summed E-state index contributed by atoms with van der Waals surface area (Å²) < 4.78 is 44.7. The van der Waals surface area contributed by atoms with E-state index < -0.39 is 23.6 Å². The first-order chi connectivity index (χ1) is 17.0. The summed E-state index contributed by atoms with van der Waals surface area (Å²) in [5.41, 5.74) is 3.31. The number of hydrogen-bond donors (Lipinski definition) is 2. The number of hydrogen-bond acceptors (Lipinski definition) is 3. The number of carbonyl (C=O) groups is 2. The highest BCUT2D eigenvalue weighted by molar-refractivity contribution is 5.95. The van der Waals surface area contributed by atoms with E-state index >= 15 is 0 Å². The normalized spacial score (nSPS) is 11.3. The minimum Gasteiger partial charge on any atom is -0.481 e. The van der Waals surface area contributed by atoms with Gasteiger partial charge in [0, 0.05) is 18.5 Å². The molecule has 0 aliphatic heterocycles. The van der Waals surface area contributed by atoms with E-state index in [-0.39, 0.29) is 24.1 Å². The Morgan fingerprint density at radius 3 is 2.33 bits per heavy atom. The Labute approximate surface area is 207 Å². The van der Waals surface area contributed by atoms with Crippen LogP contribution in [0.25, 0.3) is 0 Å². The van der Waals surface area contributed by atoms with Crippen molar-refractivity contribution in [2.45, 2.75) is 52.8 Å². The second-order valence-electron chi connectivity index (χ2n) is 8.64. The van der Waals surface area contributed by atoms with Crippen LogP contribution in [0.2, 0.25) is 0 Å². The SMILES string of the molecule is CCc1cc(Oc2cc(C)cc(CNC(=O)c3ccc(C(F)(F)F)cc3C)c2)ccc1CCC(=O)O. The van der Waals surface area contributed by atoms with Gasteiger partial charge in [-0.05, 0) is 97.0 Å². The smallest absolute Gasteiger partial charge is 0.416 e. The summed E-state index contributed by atoms with van der Waals surface area (Å²) in [6.45, 7) is 5.53. The van der Waals surface area contributed by atoms with Gasteiger partial charge in [0.15, 0.2) is 0 Å². The van der Waals surface area contributed by atoms with Gasteiger partial charge in [-0.1, -0.05) is 19.1 Å². The van der Waals surface area contributed by atoms with E-state index in [0.717, 1.165) is 40.8 Å². The molecule has 3 aromatic carbocycles. The summed E-state index contributed by atoms with van der Waals surface area (Å²) in [6.07, 6.45) is -3.22. The Balaban J connectivity index is 1.70. The van der Waals surface area contributed by atoms with Crippen molar-refractivity contribution >= 4 is 11.9 Å². The van der Waals surface area contributed by atoms with E-state index in [9.17, 15) is 22.8 Å². The molecule has 0 atom stereocenters. The zero-order valence-electron chi connectivity index (χ0n) is 20.3. The molecule has 0 fully saturated rings. The first-order valence-electron chi connectivity index (χ1n) is 11.5. The number of rotatable bonds is 9. The van der Waals surface area contributed by atoms with Crippen LogP contribution < -0.4 is 10.1 Å². The Kier molecular flexibility index (Phi) is 8.40. The molecule has 0 aromatic heterocycles. The predicted octanol–water partition coefficient (Wildman–Crippen LogP) is 6.62. The molecule has 1 amide bonds. The van der Waals surface area contributed by atoms with E-state index in [1.54, 1.807) is 12.1 Å². The van der Waals surface area contributed by atoms with Gasteiger partial charge in [0.05, 0.1) is 5.56 Å². The molecular formula is C28H28F3NO4. The van der Waals surface area contributed by atoms with Crippen molar-refractivity contribution in [3.8, 4) is 11.5 Å². The van der Waals surface area contributed by atoms with Crippen LogP contribution in [-0.4, -0.2) is 17.0 Å². The number of carboxylic acids is 1. The number of nitrogens with one attached hydrogen (secondary N) is 1. The molecule has 0 bridgehead atoms. The van der Waals surface area contributed by atoms with Crippen LogP contribution in [0.5, 0.6) is 11.5 Å². The Bertz CT molecular complexity index is 1270. The minimum atomic E-state index is -4.46. The van der Waals surface area contributed by atoms with Gasteiger partial charge >= 0.3 is 12.1 Å². The van der Waals surface area contributed by atoms with E-state index in [0.29, 0.717) is 17.9 Å². The van der Waals surface area contributed by atoms with Crippen molar-refractivity contribution in [3.63, 3.8) is 0 Å². The Morgan fingerprint density at radius 2 is 1.69 bits per heavy atom. The lowest BCUT2D eigenvalue weighted by atomic mass is 10.0. The van der Waals surface area contributed by atoms with E-state index in [1.165, 1.54) is 13.0 Å². The fourth-order valence-corrected chi connectivity index (χ4v) is 3.97. The van der Waals surface area contributed by atoms with Crippen LogP contribution >= 0.6 is 0 Å². The van der Waals surface area contributed by atoms with Crippen molar-refractivity contribution in [2.24, 2.45) is 0 Å². The van der Waals surface area contributed by atoms with Gasteiger partial charge < -0.3 is 15.2 Å². The molecule has 190 valence electrons. The summed E-state index contributed by atoms with van der Waals surface area (Å²) in [7, 11) is 0. The van der Waals surface area contributed by atoms with Crippen LogP contribution in [0.15, 0.2) is 54.6 Å². The lowest BCUT2D eigenvalue weighted by Gasteiger charge is -2.14. The summed E-state index contributed by atoms with van der Waals surface area (Å²) in [5, 5.41) is 11.7. The largest absolute Gasteiger partial charge is 0.481 e. The summed E-state index contributed by atoms with van der Waals surface area (Å²) in [5.74, 6) is -0.114. The highest BCUT2D eigenvalue weighted by atomic mass is 19.4. The van der Waals surface area contributed by atoms with Crippen molar-refractivity contribution in [2.75, 3.05) is 0 Å². The van der Waals surface area contributed by atoms with E-state index in [2.05, 4.69) is 5.32 Å². The average Bonchev–Trinajstić information content (AvgIpc) is 2.80. The molecule has 0 spiro atoms. The van der Waals surface area contributed by atoms with Gasteiger partial charge in [0.2, 0.25) is 0 Å². The monoisotopic (exact) mass is 499 g/mol. The maximum atomic E-state index is 12.9.